The maximum atomic E-state index is 9.09. The number of amidine groups is 2. The van der Waals surface area contributed by atoms with Crippen LogP contribution >= 0.6 is 11.3 Å². The molecule has 1 aromatic heterocycles. The molecule has 11 rings (SSSR count). The first-order valence-electron chi connectivity index (χ1n) is 18.7. The smallest absolute Gasteiger partial charge is 0.162 e. The van der Waals surface area contributed by atoms with Gasteiger partial charge in [-0.05, 0) is 69.1 Å². The van der Waals surface area contributed by atoms with Crippen LogP contribution < -0.4 is 4.90 Å². The van der Waals surface area contributed by atoms with E-state index >= 15 is 0 Å². The first-order chi connectivity index (χ1) is 27.7. The van der Waals surface area contributed by atoms with Gasteiger partial charge in [0.15, 0.2) is 11.7 Å². The molecule has 0 bridgehead atoms. The first-order valence-corrected chi connectivity index (χ1v) is 19.5. The molecule has 0 atom stereocenters. The topological polar surface area (TPSA) is 51.8 Å². The second-order valence-electron chi connectivity index (χ2n) is 14.2. The summed E-state index contributed by atoms with van der Waals surface area (Å²) in [4.78, 5) is 12.5. The van der Waals surface area contributed by atoms with Crippen LogP contribution in [0.1, 0.15) is 16.7 Å². The van der Waals surface area contributed by atoms with Crippen molar-refractivity contribution < 1.29 is 0 Å². The standard InChI is InChI=1S/C51H32N4S/c52-50(34-12-2-1-3-13-34)54-51(53-31-32-26-27-40-39-18-6-7-25-47(39)56-48(40)28-32)42-22-10-20-38-37(42)19-11-23-44(38)55-45-24-9-17-33-16-8-21-41(49(33)45)43-29-35-14-4-5-15-36(35)30-46(43)55/h1-31,52H/b52-50?,53-31+,54-51-. The predicted octanol–water partition coefficient (Wildman–Crippen LogP) is 13.9. The lowest BCUT2D eigenvalue weighted by atomic mass is 9.88. The summed E-state index contributed by atoms with van der Waals surface area (Å²) in [7, 11) is 0. The molecule has 1 aliphatic rings. The summed E-state index contributed by atoms with van der Waals surface area (Å²) < 4.78 is 2.48. The van der Waals surface area contributed by atoms with E-state index in [2.05, 4.69) is 157 Å². The number of aliphatic imine (C=N–C) groups is 2. The Bertz CT molecular complexity index is 3280. The highest BCUT2D eigenvalue weighted by Crippen LogP contribution is 2.53. The fourth-order valence-corrected chi connectivity index (χ4v) is 9.47. The van der Waals surface area contributed by atoms with Crippen LogP contribution in [0.4, 0.5) is 17.1 Å². The monoisotopic (exact) mass is 732 g/mol. The Balaban J connectivity index is 1.10. The van der Waals surface area contributed by atoms with E-state index in [4.69, 9.17) is 15.4 Å². The van der Waals surface area contributed by atoms with Crippen molar-refractivity contribution in [3.05, 3.63) is 199 Å². The van der Waals surface area contributed by atoms with Gasteiger partial charge < -0.3 is 4.90 Å². The highest BCUT2D eigenvalue weighted by molar-refractivity contribution is 7.25. The summed E-state index contributed by atoms with van der Waals surface area (Å²) in [5.74, 6) is 0.640. The molecule has 5 heteroatoms. The highest BCUT2D eigenvalue weighted by atomic mass is 32.1. The van der Waals surface area contributed by atoms with Crippen molar-refractivity contribution >= 4 is 98.8 Å². The Hall–Kier alpha value is -7.21. The summed E-state index contributed by atoms with van der Waals surface area (Å²) in [5, 5.41) is 18.5. The second kappa shape index (κ2) is 13.0. The van der Waals surface area contributed by atoms with Crippen LogP contribution in [-0.2, 0) is 0 Å². The quantitative estimate of drug-likeness (QED) is 0.142. The molecule has 4 nitrogen and oxygen atoms in total. The normalized spacial score (nSPS) is 12.7. The fourth-order valence-electron chi connectivity index (χ4n) is 8.32. The maximum absolute atomic E-state index is 9.09. The van der Waals surface area contributed by atoms with Gasteiger partial charge in [-0.1, -0.05) is 146 Å². The van der Waals surface area contributed by atoms with Crippen LogP contribution in [0.25, 0.3) is 63.6 Å². The Kier molecular flexibility index (Phi) is 7.47. The fraction of sp³-hybridized carbons (Fsp3) is 0. The van der Waals surface area contributed by atoms with Gasteiger partial charge in [-0.25, -0.2) is 9.98 Å². The second-order valence-corrected chi connectivity index (χ2v) is 15.3. The van der Waals surface area contributed by atoms with Crippen LogP contribution in [0.15, 0.2) is 192 Å². The van der Waals surface area contributed by atoms with Crippen LogP contribution in [0, 0.1) is 5.41 Å². The number of nitrogens with zero attached hydrogens (tertiary/aromatic N) is 3. The van der Waals surface area contributed by atoms with Crippen molar-refractivity contribution in [2.45, 2.75) is 0 Å². The molecule has 0 saturated carbocycles. The number of rotatable bonds is 4. The molecule has 0 unspecified atom stereocenters. The number of hydrogen-bond acceptors (Lipinski definition) is 3. The number of benzene rings is 9. The van der Waals surface area contributed by atoms with Crippen LogP contribution in [0.3, 0.4) is 0 Å². The molecule has 0 spiro atoms. The van der Waals surface area contributed by atoms with E-state index in [0.29, 0.717) is 5.84 Å². The van der Waals surface area contributed by atoms with Gasteiger partial charge in [0.05, 0.1) is 17.1 Å². The van der Waals surface area contributed by atoms with Crippen LogP contribution in [-0.4, -0.2) is 17.9 Å². The van der Waals surface area contributed by atoms with Crippen molar-refractivity contribution in [1.29, 1.82) is 5.41 Å². The number of thiophene rings is 1. The minimum Gasteiger partial charge on any atom is -0.309 e. The molecule has 56 heavy (non-hydrogen) atoms. The molecule has 0 radical (unpaired) electrons. The molecule has 0 aliphatic carbocycles. The van der Waals surface area contributed by atoms with E-state index in [1.807, 2.05) is 36.5 Å². The molecule has 0 amide bonds. The zero-order valence-corrected chi connectivity index (χ0v) is 31.0. The Morgan fingerprint density at radius 2 is 1.18 bits per heavy atom. The van der Waals surface area contributed by atoms with Gasteiger partial charge in [-0.3, -0.25) is 5.41 Å². The summed E-state index contributed by atoms with van der Waals surface area (Å²) in [6.45, 7) is 0. The molecule has 1 aliphatic heterocycles. The van der Waals surface area contributed by atoms with Gasteiger partial charge in [-0.15, -0.1) is 11.3 Å². The van der Waals surface area contributed by atoms with Crippen molar-refractivity contribution in [3.8, 4) is 11.1 Å². The Morgan fingerprint density at radius 3 is 2.07 bits per heavy atom. The SMILES string of the molecule is N=C(/N=C(\N=C\c1ccc2c(c1)sc1ccccc12)c1cccc2c(N3c4cc5ccccc5cc4-c4cccc5cccc3c45)cccc12)c1ccccc1. The van der Waals surface area contributed by atoms with Gasteiger partial charge >= 0.3 is 0 Å². The minimum atomic E-state index is 0.158. The van der Waals surface area contributed by atoms with Gasteiger partial charge in [0.2, 0.25) is 0 Å². The average Bonchev–Trinajstić information content (AvgIpc) is 3.63. The Morgan fingerprint density at radius 1 is 0.500 bits per heavy atom. The Labute approximate surface area is 327 Å². The lowest BCUT2D eigenvalue weighted by Gasteiger charge is -2.34. The highest BCUT2D eigenvalue weighted by Gasteiger charge is 2.28. The van der Waals surface area contributed by atoms with Crippen LogP contribution in [0.2, 0.25) is 0 Å². The predicted molar refractivity (Wildman–Crippen MR) is 239 cm³/mol. The van der Waals surface area contributed by atoms with E-state index in [0.717, 1.165) is 44.5 Å². The number of fused-ring (bicyclic) bond motifs is 7. The first kappa shape index (κ1) is 32.2. The molecule has 0 fully saturated rings. The molecule has 10 aromatic rings. The molecule has 9 aromatic carbocycles. The maximum Gasteiger partial charge on any atom is 0.162 e. The van der Waals surface area contributed by atoms with E-state index in [1.165, 1.54) is 52.8 Å². The van der Waals surface area contributed by atoms with Crippen molar-refractivity contribution in [3.63, 3.8) is 0 Å². The molecule has 1 N–H and O–H groups in total. The molecular weight excluding hydrogens is 701 g/mol. The van der Waals surface area contributed by atoms with Gasteiger partial charge in [0.1, 0.15) is 0 Å². The van der Waals surface area contributed by atoms with E-state index in [9.17, 15) is 0 Å². The lowest BCUT2D eigenvalue weighted by Crippen LogP contribution is -2.15. The summed E-state index contributed by atoms with van der Waals surface area (Å²) in [5.41, 5.74) is 8.38. The summed E-state index contributed by atoms with van der Waals surface area (Å²) >= 11 is 1.79. The zero-order valence-electron chi connectivity index (χ0n) is 30.1. The van der Waals surface area contributed by atoms with Crippen molar-refractivity contribution in [2.75, 3.05) is 4.90 Å². The lowest BCUT2D eigenvalue weighted by molar-refractivity contribution is 1.30. The summed E-state index contributed by atoms with van der Waals surface area (Å²) in [6, 6.07) is 64.0. The number of hydrogen-bond donors (Lipinski definition) is 1. The third kappa shape index (κ3) is 5.24. The molecule has 262 valence electrons. The van der Waals surface area contributed by atoms with Crippen molar-refractivity contribution in [2.24, 2.45) is 9.98 Å². The van der Waals surface area contributed by atoms with Gasteiger partial charge in [0, 0.05) is 53.8 Å². The van der Waals surface area contributed by atoms with Crippen LogP contribution in [0.5, 0.6) is 0 Å². The van der Waals surface area contributed by atoms with Gasteiger partial charge in [0.25, 0.3) is 0 Å². The number of nitrogens with one attached hydrogen (secondary N) is 1. The van der Waals surface area contributed by atoms with E-state index < -0.39 is 0 Å². The third-order valence-corrected chi connectivity index (χ3v) is 12.0. The molecular formula is C51H32N4S. The number of anilines is 3. The molecule has 0 saturated heterocycles. The zero-order chi connectivity index (χ0) is 37.2. The van der Waals surface area contributed by atoms with E-state index in [-0.39, 0.29) is 5.84 Å². The minimum absolute atomic E-state index is 0.158. The third-order valence-electron chi connectivity index (χ3n) is 10.9. The van der Waals surface area contributed by atoms with Gasteiger partial charge in [-0.2, -0.15) is 0 Å². The van der Waals surface area contributed by atoms with E-state index in [1.54, 1.807) is 11.3 Å². The molecule has 2 heterocycles. The summed E-state index contributed by atoms with van der Waals surface area (Å²) in [6.07, 6.45) is 1.88. The largest absolute Gasteiger partial charge is 0.309 e. The average molecular weight is 733 g/mol. The van der Waals surface area contributed by atoms with Crippen molar-refractivity contribution in [1.82, 2.24) is 0 Å².